The van der Waals surface area contributed by atoms with Gasteiger partial charge in [-0.15, -0.1) is 0 Å². The van der Waals surface area contributed by atoms with Crippen molar-refractivity contribution < 1.29 is 0 Å². The molecule has 0 amide bonds. The summed E-state index contributed by atoms with van der Waals surface area (Å²) in [6.07, 6.45) is 5.16. The summed E-state index contributed by atoms with van der Waals surface area (Å²) in [6.45, 7) is 0. The van der Waals surface area contributed by atoms with Crippen LogP contribution in [0.15, 0.2) is 48.9 Å². The fraction of sp³-hybridized carbons (Fsp3) is 0. The van der Waals surface area contributed by atoms with E-state index in [9.17, 15) is 0 Å². The number of nitrogens with zero attached hydrogens (tertiary/aromatic N) is 5. The summed E-state index contributed by atoms with van der Waals surface area (Å²) in [5.41, 5.74) is 0.674. The largest absolute Gasteiger partial charge is 0.253 e. The molecule has 0 atom stereocenters. The molecule has 0 aliphatic rings. The van der Waals surface area contributed by atoms with Gasteiger partial charge in [-0.3, -0.25) is 4.98 Å². The SMILES string of the molecule is Clc1cc(-n2cccn2)nc(-c2ccccn2)n1. The molecule has 5 nitrogen and oxygen atoms in total. The van der Waals surface area contributed by atoms with E-state index in [1.54, 1.807) is 29.3 Å². The van der Waals surface area contributed by atoms with Crippen LogP contribution in [0.5, 0.6) is 0 Å². The highest BCUT2D eigenvalue weighted by molar-refractivity contribution is 6.29. The van der Waals surface area contributed by atoms with Gasteiger partial charge in [-0.25, -0.2) is 14.6 Å². The summed E-state index contributed by atoms with van der Waals surface area (Å²) in [5, 5.41) is 4.47. The van der Waals surface area contributed by atoms with E-state index in [-0.39, 0.29) is 0 Å². The smallest absolute Gasteiger partial charge is 0.181 e. The lowest BCUT2D eigenvalue weighted by molar-refractivity contribution is 0.841. The maximum atomic E-state index is 6.00. The lowest BCUT2D eigenvalue weighted by atomic mass is 10.3. The molecule has 0 radical (unpaired) electrons. The second kappa shape index (κ2) is 4.54. The predicted molar refractivity (Wildman–Crippen MR) is 67.4 cm³/mol. The van der Waals surface area contributed by atoms with Crippen LogP contribution in [0.1, 0.15) is 0 Å². The third-order valence-electron chi connectivity index (χ3n) is 2.31. The molecule has 0 aliphatic carbocycles. The maximum Gasteiger partial charge on any atom is 0.181 e. The van der Waals surface area contributed by atoms with Gasteiger partial charge < -0.3 is 0 Å². The molecule has 3 aromatic heterocycles. The molecule has 0 spiro atoms. The third-order valence-corrected chi connectivity index (χ3v) is 2.51. The Bertz CT molecular complexity index is 651. The van der Waals surface area contributed by atoms with Crippen LogP contribution in [-0.2, 0) is 0 Å². The van der Waals surface area contributed by atoms with E-state index < -0.39 is 0 Å². The molecule has 0 unspecified atom stereocenters. The van der Waals surface area contributed by atoms with Crippen LogP contribution in [0.4, 0.5) is 0 Å². The van der Waals surface area contributed by atoms with Gasteiger partial charge in [0.1, 0.15) is 10.8 Å². The average Bonchev–Trinajstić information content (AvgIpc) is 2.93. The Kier molecular flexibility index (Phi) is 2.74. The van der Waals surface area contributed by atoms with E-state index in [1.165, 1.54) is 0 Å². The fourth-order valence-electron chi connectivity index (χ4n) is 1.54. The standard InChI is InChI=1S/C12H8ClN5/c13-10-8-11(18-7-3-6-15-18)17-12(16-10)9-4-1-2-5-14-9/h1-8H. The first-order chi connectivity index (χ1) is 8.83. The maximum absolute atomic E-state index is 6.00. The number of aromatic nitrogens is 5. The second-order valence-electron chi connectivity index (χ2n) is 3.54. The molecule has 3 aromatic rings. The fourth-order valence-corrected chi connectivity index (χ4v) is 1.71. The van der Waals surface area contributed by atoms with Gasteiger partial charge in [0.05, 0.1) is 0 Å². The molecule has 88 valence electrons. The summed E-state index contributed by atoms with van der Waals surface area (Å²) in [7, 11) is 0. The Balaban J connectivity index is 2.12. The molecule has 18 heavy (non-hydrogen) atoms. The molecule has 3 rings (SSSR count). The molecule has 0 bridgehead atoms. The molecule has 6 heteroatoms. The van der Waals surface area contributed by atoms with Gasteiger partial charge in [0.15, 0.2) is 11.6 Å². The first-order valence-electron chi connectivity index (χ1n) is 5.29. The van der Waals surface area contributed by atoms with E-state index in [0.717, 1.165) is 0 Å². The van der Waals surface area contributed by atoms with Gasteiger partial charge in [-0.1, -0.05) is 17.7 Å². The van der Waals surface area contributed by atoms with Gasteiger partial charge in [0, 0.05) is 24.7 Å². The summed E-state index contributed by atoms with van der Waals surface area (Å²) in [4.78, 5) is 12.8. The Labute approximate surface area is 108 Å². The molecule has 3 heterocycles. The van der Waals surface area contributed by atoms with Crippen molar-refractivity contribution in [1.82, 2.24) is 24.7 Å². The molecular formula is C12H8ClN5. The van der Waals surface area contributed by atoms with Crippen LogP contribution >= 0.6 is 11.6 Å². The van der Waals surface area contributed by atoms with Crippen LogP contribution < -0.4 is 0 Å². The van der Waals surface area contributed by atoms with E-state index in [4.69, 9.17) is 11.6 Å². The summed E-state index contributed by atoms with van der Waals surface area (Å²) < 4.78 is 1.62. The molecular weight excluding hydrogens is 250 g/mol. The Morgan fingerprint density at radius 2 is 2.00 bits per heavy atom. The zero-order valence-corrected chi connectivity index (χ0v) is 9.99. The van der Waals surface area contributed by atoms with Crippen LogP contribution in [0, 0.1) is 0 Å². The predicted octanol–water partition coefficient (Wildman–Crippen LogP) is 2.38. The average molecular weight is 258 g/mol. The van der Waals surface area contributed by atoms with Crippen molar-refractivity contribution in [2.45, 2.75) is 0 Å². The van der Waals surface area contributed by atoms with E-state index in [2.05, 4.69) is 20.1 Å². The van der Waals surface area contributed by atoms with Gasteiger partial charge in [0.2, 0.25) is 0 Å². The summed E-state index contributed by atoms with van der Waals surface area (Å²) in [6, 6.07) is 9.01. The van der Waals surface area contributed by atoms with Gasteiger partial charge in [0.25, 0.3) is 0 Å². The van der Waals surface area contributed by atoms with Crippen molar-refractivity contribution in [2.75, 3.05) is 0 Å². The topological polar surface area (TPSA) is 56.5 Å². The third kappa shape index (κ3) is 2.08. The molecule has 0 saturated carbocycles. The van der Waals surface area contributed by atoms with E-state index >= 15 is 0 Å². The number of hydrogen-bond acceptors (Lipinski definition) is 4. The Morgan fingerprint density at radius 1 is 1.06 bits per heavy atom. The van der Waals surface area contributed by atoms with Crippen LogP contribution in [0.3, 0.4) is 0 Å². The van der Waals surface area contributed by atoms with Gasteiger partial charge in [-0.05, 0) is 18.2 Å². The van der Waals surface area contributed by atoms with Crippen molar-refractivity contribution in [1.29, 1.82) is 0 Å². The Hall–Kier alpha value is -2.27. The number of rotatable bonds is 2. The van der Waals surface area contributed by atoms with Crippen molar-refractivity contribution in [3.63, 3.8) is 0 Å². The van der Waals surface area contributed by atoms with Gasteiger partial charge >= 0.3 is 0 Å². The summed E-state index contributed by atoms with van der Waals surface area (Å²) >= 11 is 6.00. The van der Waals surface area contributed by atoms with Crippen molar-refractivity contribution in [3.8, 4) is 17.3 Å². The van der Waals surface area contributed by atoms with Crippen LogP contribution in [0.2, 0.25) is 5.15 Å². The minimum absolute atomic E-state index is 0.358. The minimum atomic E-state index is 0.358. The molecule has 0 N–H and O–H groups in total. The van der Waals surface area contributed by atoms with Gasteiger partial charge in [-0.2, -0.15) is 5.10 Å². The van der Waals surface area contributed by atoms with Crippen LogP contribution in [0.25, 0.3) is 17.3 Å². The first kappa shape index (κ1) is 10.9. The highest BCUT2D eigenvalue weighted by atomic mass is 35.5. The zero-order valence-electron chi connectivity index (χ0n) is 9.23. The molecule has 0 fully saturated rings. The lowest BCUT2D eigenvalue weighted by Gasteiger charge is -2.04. The highest BCUT2D eigenvalue weighted by Crippen LogP contribution is 2.17. The second-order valence-corrected chi connectivity index (χ2v) is 3.93. The molecule has 0 aromatic carbocycles. The van der Waals surface area contributed by atoms with Crippen LogP contribution in [-0.4, -0.2) is 24.7 Å². The normalized spacial score (nSPS) is 10.5. The summed E-state index contributed by atoms with van der Waals surface area (Å²) in [5.74, 6) is 1.09. The number of halogens is 1. The monoisotopic (exact) mass is 257 g/mol. The number of hydrogen-bond donors (Lipinski definition) is 0. The molecule has 0 aliphatic heterocycles. The molecule has 0 saturated heterocycles. The van der Waals surface area contributed by atoms with E-state index in [0.29, 0.717) is 22.5 Å². The highest BCUT2D eigenvalue weighted by Gasteiger charge is 2.07. The lowest BCUT2D eigenvalue weighted by Crippen LogP contribution is -2.01. The van der Waals surface area contributed by atoms with Crippen molar-refractivity contribution in [2.24, 2.45) is 0 Å². The van der Waals surface area contributed by atoms with Crippen molar-refractivity contribution >= 4 is 11.6 Å². The quantitative estimate of drug-likeness (QED) is 0.662. The Morgan fingerprint density at radius 3 is 2.72 bits per heavy atom. The first-order valence-corrected chi connectivity index (χ1v) is 5.67. The van der Waals surface area contributed by atoms with E-state index in [1.807, 2.05) is 24.3 Å². The zero-order chi connectivity index (χ0) is 12.4. The number of pyridine rings is 1. The van der Waals surface area contributed by atoms with Crippen molar-refractivity contribution in [3.05, 3.63) is 54.1 Å². The minimum Gasteiger partial charge on any atom is -0.253 e.